The Morgan fingerprint density at radius 3 is 2.26 bits per heavy atom. The van der Waals surface area contributed by atoms with Crippen LogP contribution in [0.1, 0.15) is 13.8 Å². The van der Waals surface area contributed by atoms with Crippen LogP contribution in [0.3, 0.4) is 0 Å². The van der Waals surface area contributed by atoms with Crippen LogP contribution in [0.5, 0.6) is 0 Å². The molecular formula is C13H23N2O13P3. The van der Waals surface area contributed by atoms with Crippen molar-refractivity contribution >= 4 is 23.5 Å². The highest BCUT2D eigenvalue weighted by Gasteiger charge is 2.61. The number of aliphatic hydroxyl groups is 2. The number of hydrogen-bond donors (Lipinski definition) is 7. The van der Waals surface area contributed by atoms with E-state index in [0.717, 1.165) is 0 Å². The van der Waals surface area contributed by atoms with Gasteiger partial charge < -0.3 is 44.7 Å². The molecule has 1 saturated heterocycles. The number of phosphoric ester groups is 1. The normalized spacial score (nSPS) is 35.5. The van der Waals surface area contributed by atoms with Crippen LogP contribution in [0, 0.1) is 0 Å². The summed E-state index contributed by atoms with van der Waals surface area (Å²) in [5.74, 6) is 0.238. The molecule has 0 saturated carbocycles. The summed E-state index contributed by atoms with van der Waals surface area (Å²) in [5, 5.41) is 24.2. The second-order valence-corrected chi connectivity index (χ2v) is 11.5. The van der Waals surface area contributed by atoms with Crippen LogP contribution in [0.2, 0.25) is 0 Å². The number of nitrogens with one attached hydrogen (secondary N) is 1. The standard InChI is InChI=1S/C13H23N2O13P3/c1-8-5-6-15(9(2)14-8)11-13(4,17)10(16)12(3,26-11)7-25-30(21,22)28-31(23,24)27-29(18,19)20/h5-6,10-11,14,16-17H,1-2,7H2,3-4H3,(H,21,22)(H,23,24)(H2,18,19,20)/t10-,11+,12+,13?/m0/s1. The van der Waals surface area contributed by atoms with E-state index in [1.807, 2.05) is 0 Å². The van der Waals surface area contributed by atoms with Crippen LogP contribution >= 0.6 is 23.5 Å². The number of nitrogens with zero attached hydrogens (tertiary/aromatic N) is 1. The molecule has 31 heavy (non-hydrogen) atoms. The number of allylic oxidation sites excluding steroid dienone is 1. The summed E-state index contributed by atoms with van der Waals surface area (Å²) in [5.41, 5.74) is -3.33. The Kier molecular flexibility index (Phi) is 7.20. The molecular weight excluding hydrogens is 485 g/mol. The average Bonchev–Trinajstić information content (AvgIpc) is 2.71. The molecule has 1 fully saturated rings. The molecule has 0 aromatic heterocycles. The lowest BCUT2D eigenvalue weighted by atomic mass is 9.89. The molecule has 2 aliphatic heterocycles. The van der Waals surface area contributed by atoms with Crippen molar-refractivity contribution in [3.63, 3.8) is 0 Å². The predicted molar refractivity (Wildman–Crippen MR) is 102 cm³/mol. The molecule has 0 bridgehead atoms. The summed E-state index contributed by atoms with van der Waals surface area (Å²) in [6, 6.07) is 0. The lowest BCUT2D eigenvalue weighted by Gasteiger charge is -2.37. The molecule has 0 aliphatic carbocycles. The molecule has 6 atom stereocenters. The third kappa shape index (κ3) is 6.34. The van der Waals surface area contributed by atoms with E-state index < -0.39 is 53.6 Å². The van der Waals surface area contributed by atoms with Gasteiger partial charge in [-0.1, -0.05) is 13.2 Å². The van der Waals surface area contributed by atoms with Gasteiger partial charge in [-0.3, -0.25) is 4.52 Å². The Morgan fingerprint density at radius 2 is 1.74 bits per heavy atom. The van der Waals surface area contributed by atoms with Crippen LogP contribution in [-0.4, -0.2) is 64.8 Å². The van der Waals surface area contributed by atoms with Crippen molar-refractivity contribution in [3.8, 4) is 0 Å². The first-order valence-corrected chi connectivity index (χ1v) is 12.8. The molecule has 178 valence electrons. The minimum atomic E-state index is -5.71. The van der Waals surface area contributed by atoms with Crippen LogP contribution in [0.4, 0.5) is 0 Å². The van der Waals surface area contributed by atoms with Gasteiger partial charge in [0.25, 0.3) is 0 Å². The highest BCUT2D eigenvalue weighted by molar-refractivity contribution is 7.66. The maximum absolute atomic E-state index is 11.9. The molecule has 7 N–H and O–H groups in total. The SMILES string of the molecule is C=C1C=CN([C@@H]2O[C@](C)(COP(=O)(O)OP(=O)(O)OP(=O)(O)O)[C@H](O)C2(C)O)C(=C)N1. The maximum atomic E-state index is 11.9. The smallest absolute Gasteiger partial charge is 0.387 e. The van der Waals surface area contributed by atoms with Crippen molar-refractivity contribution in [2.45, 2.75) is 37.4 Å². The van der Waals surface area contributed by atoms with Gasteiger partial charge in [0.05, 0.1) is 6.61 Å². The van der Waals surface area contributed by atoms with Crippen molar-refractivity contribution < 1.29 is 61.4 Å². The molecule has 0 amide bonds. The molecule has 0 aromatic rings. The topological polar surface area (TPSA) is 225 Å². The van der Waals surface area contributed by atoms with E-state index in [2.05, 4.69) is 31.6 Å². The maximum Gasteiger partial charge on any atom is 0.490 e. The minimum absolute atomic E-state index is 0.238. The Labute approximate surface area is 176 Å². The predicted octanol–water partition coefficient (Wildman–Crippen LogP) is -0.0396. The molecule has 0 aromatic carbocycles. The molecule has 0 spiro atoms. The van der Waals surface area contributed by atoms with E-state index in [1.54, 1.807) is 0 Å². The fourth-order valence-electron chi connectivity index (χ4n) is 2.93. The van der Waals surface area contributed by atoms with E-state index >= 15 is 0 Å². The third-order valence-electron chi connectivity index (χ3n) is 4.25. The Balaban J connectivity index is 2.16. The summed E-state index contributed by atoms with van der Waals surface area (Å²) in [7, 11) is -16.7. The van der Waals surface area contributed by atoms with Gasteiger partial charge in [0.1, 0.15) is 23.1 Å². The Bertz CT molecular complexity index is 930. The molecule has 0 radical (unpaired) electrons. The molecule has 2 aliphatic rings. The quantitative estimate of drug-likeness (QED) is 0.214. The third-order valence-corrected chi connectivity index (χ3v) is 8.03. The van der Waals surface area contributed by atoms with Crippen molar-refractivity contribution in [2.75, 3.05) is 6.61 Å². The van der Waals surface area contributed by atoms with Crippen molar-refractivity contribution in [1.82, 2.24) is 10.2 Å². The summed E-state index contributed by atoms with van der Waals surface area (Å²) < 4.78 is 51.5. The molecule has 2 rings (SSSR count). The van der Waals surface area contributed by atoms with Crippen molar-refractivity contribution in [3.05, 3.63) is 37.0 Å². The van der Waals surface area contributed by atoms with E-state index in [0.29, 0.717) is 5.70 Å². The van der Waals surface area contributed by atoms with E-state index in [1.165, 1.54) is 31.0 Å². The summed E-state index contributed by atoms with van der Waals surface area (Å²) in [6.45, 7) is 8.89. The molecule has 2 heterocycles. The summed E-state index contributed by atoms with van der Waals surface area (Å²) >= 11 is 0. The van der Waals surface area contributed by atoms with Gasteiger partial charge in [0.15, 0.2) is 6.23 Å². The first-order valence-electron chi connectivity index (χ1n) is 8.26. The molecule has 15 nitrogen and oxygen atoms in total. The zero-order valence-corrected chi connectivity index (χ0v) is 18.9. The van der Waals surface area contributed by atoms with E-state index in [4.69, 9.17) is 14.5 Å². The fraction of sp³-hybridized carbons (Fsp3) is 0.538. The number of hydrogen-bond acceptors (Lipinski definition) is 11. The molecule has 3 unspecified atom stereocenters. The average molecular weight is 508 g/mol. The van der Waals surface area contributed by atoms with Gasteiger partial charge >= 0.3 is 23.5 Å². The van der Waals surface area contributed by atoms with Crippen molar-refractivity contribution in [1.29, 1.82) is 0 Å². The van der Waals surface area contributed by atoms with Gasteiger partial charge in [0.2, 0.25) is 0 Å². The van der Waals surface area contributed by atoms with E-state index in [-0.39, 0.29) is 5.82 Å². The molecule has 18 heteroatoms. The van der Waals surface area contributed by atoms with E-state index in [9.17, 15) is 33.7 Å². The largest absolute Gasteiger partial charge is 0.490 e. The number of aliphatic hydroxyl groups excluding tert-OH is 1. The van der Waals surface area contributed by atoms with Crippen LogP contribution in [-0.2, 0) is 31.6 Å². The lowest BCUT2D eigenvalue weighted by molar-refractivity contribution is -0.131. The monoisotopic (exact) mass is 508 g/mol. The van der Waals surface area contributed by atoms with Gasteiger partial charge in [0, 0.05) is 11.9 Å². The Hall–Kier alpha value is -0.890. The second kappa shape index (κ2) is 8.47. The lowest BCUT2D eigenvalue weighted by Crippen LogP contribution is -2.54. The van der Waals surface area contributed by atoms with Crippen LogP contribution < -0.4 is 5.32 Å². The highest BCUT2D eigenvalue weighted by Crippen LogP contribution is 2.66. The first kappa shape index (κ1) is 26.4. The van der Waals surface area contributed by atoms with Gasteiger partial charge in [-0.2, -0.15) is 8.62 Å². The van der Waals surface area contributed by atoms with Crippen LogP contribution in [0.15, 0.2) is 37.0 Å². The fourth-order valence-corrected chi connectivity index (χ4v) is 6.04. The minimum Gasteiger partial charge on any atom is -0.387 e. The summed E-state index contributed by atoms with van der Waals surface area (Å²) in [6.07, 6.45) is 0.00792. The summed E-state index contributed by atoms with van der Waals surface area (Å²) in [4.78, 5) is 37.2. The van der Waals surface area contributed by atoms with Crippen LogP contribution in [0.25, 0.3) is 0 Å². The number of rotatable bonds is 8. The first-order chi connectivity index (χ1) is 13.8. The van der Waals surface area contributed by atoms with Gasteiger partial charge in [-0.15, -0.1) is 0 Å². The zero-order chi connectivity index (χ0) is 24.0. The van der Waals surface area contributed by atoms with Crippen molar-refractivity contribution in [2.24, 2.45) is 0 Å². The zero-order valence-electron chi connectivity index (χ0n) is 16.3. The van der Waals surface area contributed by atoms with Gasteiger partial charge in [-0.25, -0.2) is 13.7 Å². The number of phosphoric acid groups is 3. The second-order valence-electron chi connectivity index (χ2n) is 7.10. The number of ether oxygens (including phenoxy) is 1. The Morgan fingerprint density at radius 1 is 1.16 bits per heavy atom. The highest BCUT2D eigenvalue weighted by atomic mass is 31.3. The van der Waals surface area contributed by atoms with Gasteiger partial charge in [-0.05, 0) is 19.9 Å².